The Kier molecular flexibility index (Phi) is 7.49. The average molecular weight is 393 g/mol. The summed E-state index contributed by atoms with van der Waals surface area (Å²) in [5.41, 5.74) is 1.65. The fourth-order valence-electron chi connectivity index (χ4n) is 2.78. The van der Waals surface area contributed by atoms with E-state index in [1.807, 2.05) is 37.3 Å². The first kappa shape index (κ1) is 20.3. The molecule has 26 heavy (non-hydrogen) atoms. The highest BCUT2D eigenvalue weighted by molar-refractivity contribution is 6.31. The van der Waals surface area contributed by atoms with Crippen LogP contribution in [-0.4, -0.2) is 29.8 Å². The lowest BCUT2D eigenvalue weighted by atomic mass is 10.1. The first-order chi connectivity index (χ1) is 12.5. The number of amides is 2. The largest absolute Gasteiger partial charge is 0.357 e. The van der Waals surface area contributed by atoms with Crippen molar-refractivity contribution in [3.8, 4) is 0 Å². The molecule has 0 aromatic heterocycles. The van der Waals surface area contributed by atoms with Crippen LogP contribution in [0.2, 0.25) is 10.0 Å². The molecule has 0 aliphatic rings. The van der Waals surface area contributed by atoms with Gasteiger partial charge in [-0.15, -0.1) is 0 Å². The molecule has 2 rings (SSSR count). The number of halogens is 2. The number of rotatable bonds is 7. The molecule has 0 bridgehead atoms. The van der Waals surface area contributed by atoms with Gasteiger partial charge in [0.2, 0.25) is 11.8 Å². The minimum atomic E-state index is -0.550. The Morgan fingerprint density at radius 2 is 1.73 bits per heavy atom. The number of hydrogen-bond donors (Lipinski definition) is 1. The molecule has 0 spiro atoms. The minimum absolute atomic E-state index is 0.140. The second kappa shape index (κ2) is 9.60. The van der Waals surface area contributed by atoms with E-state index in [0.717, 1.165) is 11.1 Å². The van der Waals surface area contributed by atoms with Gasteiger partial charge in [0.15, 0.2) is 0 Å². The molecule has 2 aromatic carbocycles. The van der Waals surface area contributed by atoms with E-state index < -0.39 is 6.04 Å². The lowest BCUT2D eigenvalue weighted by Crippen LogP contribution is -2.48. The van der Waals surface area contributed by atoms with Crippen LogP contribution < -0.4 is 5.32 Å². The molecule has 0 radical (unpaired) electrons. The lowest BCUT2D eigenvalue weighted by Gasteiger charge is -2.30. The highest BCUT2D eigenvalue weighted by Crippen LogP contribution is 2.20. The zero-order chi connectivity index (χ0) is 19.1. The van der Waals surface area contributed by atoms with Crippen LogP contribution in [0.4, 0.5) is 0 Å². The third kappa shape index (κ3) is 5.23. The van der Waals surface area contributed by atoms with E-state index in [9.17, 15) is 9.59 Å². The zero-order valence-corrected chi connectivity index (χ0v) is 16.3. The first-order valence-corrected chi connectivity index (χ1v) is 9.20. The highest BCUT2D eigenvalue weighted by atomic mass is 35.5. The quantitative estimate of drug-likeness (QED) is 0.771. The normalized spacial score (nSPS) is 11.7. The lowest BCUT2D eigenvalue weighted by molar-refractivity contribution is -0.140. The molecule has 0 unspecified atom stereocenters. The van der Waals surface area contributed by atoms with Crippen LogP contribution in [0.5, 0.6) is 0 Å². The maximum atomic E-state index is 13.0. The Hall–Kier alpha value is -2.04. The summed E-state index contributed by atoms with van der Waals surface area (Å²) < 4.78 is 0. The van der Waals surface area contributed by atoms with Crippen LogP contribution in [0.15, 0.2) is 48.5 Å². The summed E-state index contributed by atoms with van der Waals surface area (Å²) in [5.74, 6) is -0.336. The molecule has 4 nitrogen and oxygen atoms in total. The summed E-state index contributed by atoms with van der Waals surface area (Å²) in [6, 6.07) is 13.9. The molecule has 138 valence electrons. The van der Waals surface area contributed by atoms with Gasteiger partial charge in [0, 0.05) is 23.6 Å². The van der Waals surface area contributed by atoms with E-state index in [-0.39, 0.29) is 18.2 Å². The van der Waals surface area contributed by atoms with E-state index in [4.69, 9.17) is 23.2 Å². The summed E-state index contributed by atoms with van der Waals surface area (Å²) in [4.78, 5) is 26.9. The van der Waals surface area contributed by atoms with Crippen molar-refractivity contribution in [2.24, 2.45) is 0 Å². The van der Waals surface area contributed by atoms with E-state index in [1.165, 1.54) is 0 Å². The van der Waals surface area contributed by atoms with Gasteiger partial charge < -0.3 is 10.2 Å². The van der Waals surface area contributed by atoms with Crippen LogP contribution in [-0.2, 0) is 22.6 Å². The topological polar surface area (TPSA) is 49.4 Å². The molecule has 1 N–H and O–H groups in total. The Morgan fingerprint density at radius 3 is 2.31 bits per heavy atom. The monoisotopic (exact) mass is 392 g/mol. The Balaban J connectivity index is 2.29. The van der Waals surface area contributed by atoms with Crippen molar-refractivity contribution in [2.75, 3.05) is 7.05 Å². The van der Waals surface area contributed by atoms with Crippen molar-refractivity contribution in [2.45, 2.75) is 32.4 Å². The van der Waals surface area contributed by atoms with Crippen LogP contribution >= 0.6 is 23.2 Å². The van der Waals surface area contributed by atoms with E-state index in [2.05, 4.69) is 5.32 Å². The van der Waals surface area contributed by atoms with Crippen LogP contribution in [0, 0.1) is 0 Å². The molecule has 0 aliphatic carbocycles. The zero-order valence-electron chi connectivity index (χ0n) is 14.8. The van der Waals surface area contributed by atoms with Crippen molar-refractivity contribution in [1.29, 1.82) is 0 Å². The third-order valence-corrected chi connectivity index (χ3v) is 4.82. The standard InChI is InChI=1S/C20H22Cl2N2O2/c1-3-18(20(26)23-2)24(13-14-8-10-16(21)11-9-14)19(25)12-15-6-4-5-7-17(15)22/h4-11,18H,3,12-13H2,1-2H3,(H,23,26)/t18-/m0/s1. The van der Waals surface area contributed by atoms with Gasteiger partial charge in [-0.2, -0.15) is 0 Å². The van der Waals surface area contributed by atoms with Gasteiger partial charge in [-0.1, -0.05) is 60.5 Å². The number of nitrogens with zero attached hydrogens (tertiary/aromatic N) is 1. The molecule has 2 aromatic rings. The van der Waals surface area contributed by atoms with Crippen molar-refractivity contribution in [1.82, 2.24) is 10.2 Å². The maximum Gasteiger partial charge on any atom is 0.242 e. The predicted octanol–water partition coefficient (Wildman–Crippen LogP) is 4.09. The van der Waals surface area contributed by atoms with Crippen LogP contribution in [0.25, 0.3) is 0 Å². The number of carbonyl (C=O) groups is 2. The third-order valence-electron chi connectivity index (χ3n) is 4.20. The molecule has 2 amide bonds. The molecule has 0 saturated carbocycles. The molecule has 0 heterocycles. The molecule has 6 heteroatoms. The Labute approximate surface area is 164 Å². The van der Waals surface area contributed by atoms with E-state index in [1.54, 1.807) is 30.1 Å². The van der Waals surface area contributed by atoms with Gasteiger partial charge in [-0.3, -0.25) is 9.59 Å². The molecular weight excluding hydrogens is 371 g/mol. The van der Waals surface area contributed by atoms with Gasteiger partial charge >= 0.3 is 0 Å². The number of hydrogen-bond acceptors (Lipinski definition) is 2. The summed E-state index contributed by atoms with van der Waals surface area (Å²) in [6.07, 6.45) is 0.655. The minimum Gasteiger partial charge on any atom is -0.357 e. The van der Waals surface area contributed by atoms with Gasteiger partial charge in [-0.25, -0.2) is 0 Å². The molecule has 1 atom stereocenters. The second-order valence-electron chi connectivity index (χ2n) is 5.95. The second-order valence-corrected chi connectivity index (χ2v) is 6.80. The van der Waals surface area contributed by atoms with Gasteiger partial charge in [0.1, 0.15) is 6.04 Å². The molecule has 0 aliphatic heterocycles. The van der Waals surface area contributed by atoms with Gasteiger partial charge in [-0.05, 0) is 35.7 Å². The first-order valence-electron chi connectivity index (χ1n) is 8.45. The fourth-order valence-corrected chi connectivity index (χ4v) is 3.11. The fraction of sp³-hybridized carbons (Fsp3) is 0.300. The highest BCUT2D eigenvalue weighted by Gasteiger charge is 2.28. The number of carbonyl (C=O) groups excluding carboxylic acids is 2. The van der Waals surface area contributed by atoms with Crippen molar-refractivity contribution < 1.29 is 9.59 Å². The smallest absolute Gasteiger partial charge is 0.242 e. The number of benzene rings is 2. The Bertz CT molecular complexity index is 763. The van der Waals surface area contributed by atoms with Crippen LogP contribution in [0.1, 0.15) is 24.5 Å². The van der Waals surface area contributed by atoms with E-state index >= 15 is 0 Å². The molecule has 0 saturated heterocycles. The molecule has 0 fully saturated rings. The van der Waals surface area contributed by atoms with E-state index in [0.29, 0.717) is 23.0 Å². The summed E-state index contributed by atoms with van der Waals surface area (Å²) in [6.45, 7) is 2.21. The molecular formula is C20H22Cl2N2O2. The van der Waals surface area contributed by atoms with Crippen LogP contribution in [0.3, 0.4) is 0 Å². The van der Waals surface area contributed by atoms with Gasteiger partial charge in [0.25, 0.3) is 0 Å². The van der Waals surface area contributed by atoms with Crippen molar-refractivity contribution >= 4 is 35.0 Å². The number of nitrogens with one attached hydrogen (secondary N) is 1. The average Bonchev–Trinajstić information content (AvgIpc) is 2.64. The SMILES string of the molecule is CC[C@@H](C(=O)NC)N(Cc1ccc(Cl)cc1)C(=O)Cc1ccccc1Cl. The van der Waals surface area contributed by atoms with Crippen molar-refractivity contribution in [3.63, 3.8) is 0 Å². The number of likely N-dealkylation sites (N-methyl/N-ethyl adjacent to an activating group) is 1. The predicted molar refractivity (Wildman–Crippen MR) is 105 cm³/mol. The summed E-state index contributed by atoms with van der Waals surface area (Å²) >= 11 is 12.1. The van der Waals surface area contributed by atoms with Gasteiger partial charge in [0.05, 0.1) is 6.42 Å². The Morgan fingerprint density at radius 1 is 1.08 bits per heavy atom. The summed E-state index contributed by atoms with van der Waals surface area (Å²) in [5, 5.41) is 3.81. The summed E-state index contributed by atoms with van der Waals surface area (Å²) in [7, 11) is 1.57. The maximum absolute atomic E-state index is 13.0. The van der Waals surface area contributed by atoms with Crippen molar-refractivity contribution in [3.05, 3.63) is 69.7 Å².